The number of carbonyl (C=O) groups is 1. The molecular weight excluding hydrogens is 666 g/mol. The van der Waals surface area contributed by atoms with Crippen molar-refractivity contribution in [3.05, 3.63) is 77.2 Å². The van der Waals surface area contributed by atoms with E-state index in [4.69, 9.17) is 4.98 Å². The Hall–Kier alpha value is -4.21. The molecule has 1 aliphatic carbocycles. The predicted molar refractivity (Wildman–Crippen MR) is 178 cm³/mol. The molecule has 15 heteroatoms. The van der Waals surface area contributed by atoms with Crippen molar-refractivity contribution in [1.82, 2.24) is 20.2 Å². The van der Waals surface area contributed by atoms with Gasteiger partial charge in [-0.05, 0) is 93.7 Å². The topological polar surface area (TPSA) is 126 Å². The number of carbonyl (C=O) groups excluding carboxylic acids is 1. The lowest BCUT2D eigenvalue weighted by molar-refractivity contribution is 0.168. The van der Waals surface area contributed by atoms with Crippen molar-refractivity contribution in [1.29, 1.82) is 0 Å². The Morgan fingerprint density at radius 3 is 2.58 bits per heavy atom. The largest absolute Gasteiger partial charge is 0.453 e. The maximum absolute atomic E-state index is 16.3. The summed E-state index contributed by atoms with van der Waals surface area (Å²) < 4.78 is 77.3. The van der Waals surface area contributed by atoms with Crippen LogP contribution in [0.25, 0.3) is 21.7 Å². The Morgan fingerprint density at radius 2 is 1.85 bits per heavy atom. The normalized spacial score (nSPS) is 16.4. The Labute approximate surface area is 280 Å². The summed E-state index contributed by atoms with van der Waals surface area (Å²) in [5.74, 6) is -2.34. The van der Waals surface area contributed by atoms with E-state index in [2.05, 4.69) is 30.0 Å². The van der Waals surface area contributed by atoms with E-state index in [9.17, 15) is 22.0 Å². The number of methoxy groups -OCH3 is 1. The lowest BCUT2D eigenvalue weighted by Gasteiger charge is -2.30. The number of anilines is 2. The van der Waals surface area contributed by atoms with Gasteiger partial charge in [-0.3, -0.25) is 4.72 Å². The zero-order chi connectivity index (χ0) is 34.0. The number of hydrogen-bond donors (Lipinski definition) is 3. The average molecular weight is 701 g/mol. The molecule has 0 spiro atoms. The zero-order valence-corrected chi connectivity index (χ0v) is 27.9. The molecule has 254 valence electrons. The van der Waals surface area contributed by atoms with Gasteiger partial charge in [0.25, 0.3) is 10.0 Å². The van der Waals surface area contributed by atoms with Crippen LogP contribution in [0.5, 0.6) is 0 Å². The number of benzene rings is 2. The highest BCUT2D eigenvalue weighted by molar-refractivity contribution is 7.92. The fraction of sp³-hybridized carbons (Fsp3) is 0.364. The van der Waals surface area contributed by atoms with Crippen molar-refractivity contribution >= 4 is 39.0 Å². The van der Waals surface area contributed by atoms with E-state index in [1.54, 1.807) is 18.3 Å². The number of alkyl carbamates (subject to hydrolysis) is 1. The van der Waals surface area contributed by atoms with Gasteiger partial charge in [0.15, 0.2) is 5.82 Å². The average Bonchev–Trinajstić information content (AvgIpc) is 3.84. The second-order valence-electron chi connectivity index (χ2n) is 12.0. The minimum Gasteiger partial charge on any atom is -0.453 e. The molecule has 2 fully saturated rings. The summed E-state index contributed by atoms with van der Waals surface area (Å²) >= 11 is 1.46. The first-order valence-electron chi connectivity index (χ1n) is 15.6. The molecule has 10 nitrogen and oxygen atoms in total. The number of thiazole rings is 1. The second-order valence-corrected chi connectivity index (χ2v) is 14.6. The number of nitrogens with one attached hydrogen (secondary N) is 3. The number of nitrogens with zero attached hydrogens (tertiary/aromatic N) is 3. The van der Waals surface area contributed by atoms with Gasteiger partial charge in [0.2, 0.25) is 0 Å². The molecular formula is C33H35F3N6O4S2. The monoisotopic (exact) mass is 700 g/mol. The van der Waals surface area contributed by atoms with Gasteiger partial charge in [0, 0.05) is 36.3 Å². The van der Waals surface area contributed by atoms with Crippen LogP contribution in [0.15, 0.2) is 59.6 Å². The molecule has 4 aromatic rings. The smallest absolute Gasteiger partial charge is 0.407 e. The third kappa shape index (κ3) is 7.58. The number of halogens is 3. The van der Waals surface area contributed by atoms with Crippen molar-refractivity contribution in [2.24, 2.45) is 0 Å². The lowest BCUT2D eigenvalue weighted by atomic mass is 9.97. The number of sulfonamides is 1. The summed E-state index contributed by atoms with van der Waals surface area (Å²) in [5, 5.41) is 6.73. The molecule has 1 saturated carbocycles. The highest BCUT2D eigenvalue weighted by Gasteiger charge is 2.34. The molecule has 2 aromatic heterocycles. The Morgan fingerprint density at radius 1 is 1.08 bits per heavy atom. The van der Waals surface area contributed by atoms with Gasteiger partial charge in [-0.2, -0.15) is 0 Å². The molecule has 48 heavy (non-hydrogen) atoms. The van der Waals surface area contributed by atoms with Crippen molar-refractivity contribution in [3.63, 3.8) is 0 Å². The molecule has 2 aromatic carbocycles. The summed E-state index contributed by atoms with van der Waals surface area (Å²) in [4.78, 5) is 23.2. The standard InChI is InChI=1S/C33H35F3N6O4S2/c1-19(39-33(43)46-2)18-38-28-16-21(10-13-37-28)31-30(40-32(47-31)20-11-14-42(15-12-20)23-7-8-23)24-4-3-5-26(29(24)36)41-48(44,45)27-17-22(34)6-9-25(27)35/h3-6,9-10,13,16-17,19-20,23,41H,7-8,11-12,14-15,18H2,1-2H3,(H,37,38)(H,39,43)/t19-/m0/s1. The molecule has 3 N–H and O–H groups in total. The Balaban J connectivity index is 1.34. The van der Waals surface area contributed by atoms with Crippen molar-refractivity contribution in [3.8, 4) is 21.7 Å². The van der Waals surface area contributed by atoms with Gasteiger partial charge in [0.05, 0.1) is 28.4 Å². The highest BCUT2D eigenvalue weighted by atomic mass is 32.2. The number of hydrogen-bond acceptors (Lipinski definition) is 9. The van der Waals surface area contributed by atoms with E-state index in [-0.39, 0.29) is 17.5 Å². The number of ether oxygens (including phenoxy) is 1. The number of rotatable bonds is 11. The van der Waals surface area contributed by atoms with Crippen LogP contribution in [-0.4, -0.2) is 68.2 Å². The molecule has 0 unspecified atom stereocenters. The fourth-order valence-electron chi connectivity index (χ4n) is 5.75. The third-order valence-electron chi connectivity index (χ3n) is 8.43. The first-order chi connectivity index (χ1) is 23.0. The Kier molecular flexibility index (Phi) is 9.90. The molecule has 6 rings (SSSR count). The lowest BCUT2D eigenvalue weighted by Crippen LogP contribution is -2.37. The fourth-order valence-corrected chi connectivity index (χ4v) is 8.15. The molecule has 0 radical (unpaired) electrons. The predicted octanol–water partition coefficient (Wildman–Crippen LogP) is 6.59. The van der Waals surface area contributed by atoms with Crippen LogP contribution in [-0.2, 0) is 14.8 Å². The van der Waals surface area contributed by atoms with Crippen LogP contribution in [0.3, 0.4) is 0 Å². The van der Waals surface area contributed by atoms with Crippen LogP contribution in [0, 0.1) is 17.5 Å². The maximum Gasteiger partial charge on any atom is 0.407 e. The van der Waals surface area contributed by atoms with Gasteiger partial charge < -0.3 is 20.3 Å². The minimum absolute atomic E-state index is 0.0463. The van der Waals surface area contributed by atoms with E-state index in [1.165, 1.54) is 49.5 Å². The van der Waals surface area contributed by atoms with Gasteiger partial charge in [0.1, 0.15) is 22.3 Å². The van der Waals surface area contributed by atoms with Crippen LogP contribution in [0.4, 0.5) is 29.5 Å². The Bertz CT molecular complexity index is 1910. The summed E-state index contributed by atoms with van der Waals surface area (Å²) in [7, 11) is -3.39. The number of pyridine rings is 1. The highest BCUT2D eigenvalue weighted by Crippen LogP contribution is 2.44. The summed E-state index contributed by atoms with van der Waals surface area (Å²) in [5.41, 5.74) is 0.652. The van der Waals surface area contributed by atoms with Crippen molar-refractivity contribution < 1.29 is 31.1 Å². The van der Waals surface area contributed by atoms with Crippen LogP contribution < -0.4 is 15.4 Å². The van der Waals surface area contributed by atoms with E-state index in [1.807, 2.05) is 6.92 Å². The quantitative estimate of drug-likeness (QED) is 0.160. The molecule has 1 atom stereocenters. The van der Waals surface area contributed by atoms with Crippen molar-refractivity contribution in [2.75, 3.05) is 36.8 Å². The van der Waals surface area contributed by atoms with Crippen LogP contribution >= 0.6 is 11.3 Å². The maximum atomic E-state index is 16.3. The number of likely N-dealkylation sites (tertiary alicyclic amines) is 1. The SMILES string of the molecule is COC(=O)N[C@@H](C)CNc1cc(-c2sc(C3CCN(C4CC4)CC3)nc2-c2cccc(NS(=O)(=O)c3cc(F)ccc3F)c2F)ccn1. The van der Waals surface area contributed by atoms with E-state index < -0.39 is 44.2 Å². The number of piperidine rings is 1. The van der Waals surface area contributed by atoms with E-state index >= 15 is 4.39 Å². The first-order valence-corrected chi connectivity index (χ1v) is 17.9. The number of aromatic nitrogens is 2. The molecule has 0 bridgehead atoms. The zero-order valence-electron chi connectivity index (χ0n) is 26.3. The van der Waals surface area contributed by atoms with Gasteiger partial charge in [-0.1, -0.05) is 6.07 Å². The summed E-state index contributed by atoms with van der Waals surface area (Å²) in [6.45, 7) is 4.09. The molecule has 2 aliphatic rings. The van der Waals surface area contributed by atoms with Crippen LogP contribution in [0.1, 0.15) is 43.5 Å². The summed E-state index contributed by atoms with van der Waals surface area (Å²) in [6.07, 6.45) is 5.36. The van der Waals surface area contributed by atoms with Gasteiger partial charge in [-0.25, -0.2) is 36.4 Å². The van der Waals surface area contributed by atoms with Gasteiger partial charge >= 0.3 is 6.09 Å². The van der Waals surface area contributed by atoms with E-state index in [0.717, 1.165) is 37.0 Å². The summed E-state index contributed by atoms with van der Waals surface area (Å²) in [6, 6.07) is 10.2. The molecule has 1 amide bonds. The second kappa shape index (κ2) is 14.1. The third-order valence-corrected chi connectivity index (χ3v) is 11.1. The first kappa shape index (κ1) is 33.7. The van der Waals surface area contributed by atoms with Crippen molar-refractivity contribution in [2.45, 2.75) is 55.5 Å². The minimum atomic E-state index is -4.68. The van der Waals surface area contributed by atoms with E-state index in [0.29, 0.717) is 46.7 Å². The molecule has 3 heterocycles. The molecule has 1 aliphatic heterocycles. The van der Waals surface area contributed by atoms with Crippen LogP contribution in [0.2, 0.25) is 0 Å². The number of amides is 1. The van der Waals surface area contributed by atoms with Gasteiger partial charge in [-0.15, -0.1) is 11.3 Å². The molecule has 1 saturated heterocycles.